The fourth-order valence-electron chi connectivity index (χ4n) is 4.91. The Kier molecular flexibility index (Phi) is 4.32. The van der Waals surface area contributed by atoms with E-state index in [0.29, 0.717) is 12.8 Å². The van der Waals surface area contributed by atoms with Crippen LogP contribution in [0.2, 0.25) is 0 Å². The summed E-state index contributed by atoms with van der Waals surface area (Å²) < 4.78 is 22.3. The maximum Gasteiger partial charge on any atom is 0.279 e. The lowest BCUT2D eigenvalue weighted by molar-refractivity contribution is -0.387. The van der Waals surface area contributed by atoms with Crippen LogP contribution < -0.4 is 9.47 Å². The third kappa shape index (κ3) is 2.31. The van der Waals surface area contributed by atoms with Crippen molar-refractivity contribution in [1.29, 1.82) is 21.2 Å². The Hall–Kier alpha value is -3.88. The lowest BCUT2D eigenvalue weighted by Gasteiger charge is -2.48. The molecule has 158 valence electrons. The molecule has 1 N–H and O–H groups in total. The smallest absolute Gasteiger partial charge is 0.279 e. The predicted octanol–water partition coefficient (Wildman–Crippen LogP) is 3.08. The zero-order valence-electron chi connectivity index (χ0n) is 16.7. The van der Waals surface area contributed by atoms with Gasteiger partial charge in [-0.2, -0.15) is 15.8 Å². The molecule has 1 aromatic rings. The number of nitriles is 3. The highest BCUT2D eigenvalue weighted by Crippen LogP contribution is 2.68. The van der Waals surface area contributed by atoms with E-state index >= 15 is 0 Å². The number of rotatable bonds is 4. The van der Waals surface area contributed by atoms with Gasteiger partial charge < -0.3 is 18.9 Å². The molecule has 4 unspecified atom stereocenters. The molecule has 0 aromatic heterocycles. The maximum absolute atomic E-state index is 11.8. The fraction of sp³-hybridized carbons (Fsp3) is 0.500. The first kappa shape index (κ1) is 20.4. The second-order valence-corrected chi connectivity index (χ2v) is 7.76. The number of nitro benzene ring substituents is 1. The summed E-state index contributed by atoms with van der Waals surface area (Å²) in [6, 6.07) is 8.19. The van der Waals surface area contributed by atoms with Crippen molar-refractivity contribution in [2.24, 2.45) is 16.7 Å². The highest BCUT2D eigenvalue weighted by atomic mass is 16.7. The summed E-state index contributed by atoms with van der Waals surface area (Å²) in [6.45, 7) is 3.23. The molecule has 0 aliphatic carbocycles. The number of ether oxygens (including phenoxy) is 4. The van der Waals surface area contributed by atoms with Crippen LogP contribution in [0.25, 0.3) is 0 Å². The van der Waals surface area contributed by atoms with Crippen LogP contribution >= 0.6 is 0 Å². The molecular formula is C20H17N5O6. The molecule has 3 aliphatic heterocycles. The van der Waals surface area contributed by atoms with Gasteiger partial charge in [0.05, 0.1) is 40.7 Å². The van der Waals surface area contributed by atoms with Gasteiger partial charge in [-0.25, -0.2) is 0 Å². The van der Waals surface area contributed by atoms with Crippen LogP contribution in [0, 0.1) is 66.3 Å². The van der Waals surface area contributed by atoms with Crippen molar-refractivity contribution < 1.29 is 23.9 Å². The number of fused-ring (bicyclic) bond motifs is 3. The van der Waals surface area contributed by atoms with Gasteiger partial charge in [-0.15, -0.1) is 0 Å². The number of hydrogen-bond acceptors (Lipinski definition) is 10. The Labute approximate surface area is 176 Å². The summed E-state index contributed by atoms with van der Waals surface area (Å²) >= 11 is 0. The van der Waals surface area contributed by atoms with Crippen LogP contribution in [0.1, 0.15) is 38.4 Å². The second-order valence-electron chi connectivity index (χ2n) is 7.76. The van der Waals surface area contributed by atoms with Crippen LogP contribution in [0.5, 0.6) is 11.5 Å². The van der Waals surface area contributed by atoms with Crippen LogP contribution in [0.3, 0.4) is 0 Å². The summed E-state index contributed by atoms with van der Waals surface area (Å²) in [5, 5.41) is 50.9. The molecule has 2 fully saturated rings. The Bertz CT molecular complexity index is 1120. The van der Waals surface area contributed by atoms with Crippen molar-refractivity contribution in [2.45, 2.75) is 38.6 Å². The number of nitrogens with one attached hydrogen (secondary N) is 1. The number of benzene rings is 1. The first-order chi connectivity index (χ1) is 14.7. The van der Waals surface area contributed by atoms with Crippen molar-refractivity contribution in [3.8, 4) is 29.7 Å². The minimum Gasteiger partial charge on any atom is -0.454 e. The number of hydrogen-bond donors (Lipinski definition) is 1. The Morgan fingerprint density at radius 1 is 1.23 bits per heavy atom. The molecule has 3 heterocycles. The van der Waals surface area contributed by atoms with Gasteiger partial charge in [0.15, 0.2) is 16.9 Å². The van der Waals surface area contributed by atoms with E-state index in [1.54, 1.807) is 0 Å². The molecule has 3 aliphatic rings. The highest BCUT2D eigenvalue weighted by Gasteiger charge is 2.79. The molecule has 11 heteroatoms. The lowest BCUT2D eigenvalue weighted by atomic mass is 9.52. The average Bonchev–Trinajstić information content (AvgIpc) is 3.26. The van der Waals surface area contributed by atoms with Crippen LogP contribution in [0.15, 0.2) is 12.1 Å². The van der Waals surface area contributed by atoms with E-state index < -0.39 is 45.1 Å². The minimum absolute atomic E-state index is 0.128. The normalized spacial score (nSPS) is 31.8. The van der Waals surface area contributed by atoms with E-state index in [4.69, 9.17) is 24.4 Å². The van der Waals surface area contributed by atoms with Crippen molar-refractivity contribution in [1.82, 2.24) is 0 Å². The molecule has 2 bridgehead atoms. The summed E-state index contributed by atoms with van der Waals surface area (Å²) in [5.74, 6) is -2.56. The fourth-order valence-corrected chi connectivity index (χ4v) is 4.91. The highest BCUT2D eigenvalue weighted by molar-refractivity contribution is 5.89. The van der Waals surface area contributed by atoms with Gasteiger partial charge in [-0.05, 0) is 12.5 Å². The van der Waals surface area contributed by atoms with E-state index in [-0.39, 0.29) is 23.9 Å². The van der Waals surface area contributed by atoms with Gasteiger partial charge in [0.1, 0.15) is 6.10 Å². The zero-order valence-corrected chi connectivity index (χ0v) is 16.7. The first-order valence-electron chi connectivity index (χ1n) is 9.52. The molecule has 0 spiro atoms. The summed E-state index contributed by atoms with van der Waals surface area (Å²) in [7, 11) is 0. The Morgan fingerprint density at radius 2 is 1.87 bits per heavy atom. The zero-order chi connectivity index (χ0) is 22.6. The van der Waals surface area contributed by atoms with E-state index in [1.807, 2.05) is 25.1 Å². The van der Waals surface area contributed by atoms with Gasteiger partial charge in [0.25, 0.3) is 5.69 Å². The van der Waals surface area contributed by atoms with Gasteiger partial charge in [-0.1, -0.05) is 13.3 Å². The largest absolute Gasteiger partial charge is 0.454 e. The topological polar surface area (TPSA) is 175 Å². The lowest BCUT2D eigenvalue weighted by Crippen LogP contribution is -2.58. The number of nitrogens with zero attached hydrogens (tertiary/aromatic N) is 4. The van der Waals surface area contributed by atoms with E-state index in [0.717, 1.165) is 6.07 Å². The maximum atomic E-state index is 11.8. The molecule has 11 nitrogen and oxygen atoms in total. The summed E-state index contributed by atoms with van der Waals surface area (Å²) in [6.07, 6.45) is -0.642. The molecule has 0 saturated carbocycles. The van der Waals surface area contributed by atoms with Gasteiger partial charge in [-0.3, -0.25) is 15.5 Å². The molecule has 2 saturated heterocycles. The standard InChI is InChI=1S/C20H17N5O6/c1-3-4-15-18(2)30-16(19(7-21,8-22)20(15,9-23)17(24)31-18)11-5-13-14(29-10-28-13)6-12(11)25(26)27/h5-6,15-16,24H,3-4,10H2,1-2H3. The third-order valence-electron chi connectivity index (χ3n) is 6.29. The van der Waals surface area contributed by atoms with Gasteiger partial charge in [0, 0.05) is 6.92 Å². The van der Waals surface area contributed by atoms with Crippen LogP contribution in [-0.2, 0) is 9.47 Å². The molecule has 31 heavy (non-hydrogen) atoms. The van der Waals surface area contributed by atoms with Crippen molar-refractivity contribution in [3.63, 3.8) is 0 Å². The molecule has 4 atom stereocenters. The first-order valence-corrected chi connectivity index (χ1v) is 9.52. The quantitative estimate of drug-likeness (QED) is 0.563. The second kappa shape index (κ2) is 6.56. The summed E-state index contributed by atoms with van der Waals surface area (Å²) in [5.41, 5.74) is -4.85. The molecule has 4 rings (SSSR count). The van der Waals surface area contributed by atoms with Gasteiger partial charge >= 0.3 is 0 Å². The van der Waals surface area contributed by atoms with Crippen LogP contribution in [0.4, 0.5) is 5.69 Å². The van der Waals surface area contributed by atoms with Crippen LogP contribution in [-0.4, -0.2) is 23.4 Å². The van der Waals surface area contributed by atoms with E-state index in [1.165, 1.54) is 13.0 Å². The SMILES string of the molecule is CCCC1C2(C)OC(=N)C1(C#N)C(C#N)(C#N)C(c1cc3c(cc1[N+](=O)[O-])OCO3)O2. The monoisotopic (exact) mass is 423 g/mol. The van der Waals surface area contributed by atoms with Crippen molar-refractivity contribution in [2.75, 3.05) is 6.79 Å². The average molecular weight is 423 g/mol. The minimum atomic E-state index is -2.28. The predicted molar refractivity (Wildman–Crippen MR) is 100 cm³/mol. The van der Waals surface area contributed by atoms with Crippen molar-refractivity contribution >= 4 is 11.6 Å². The van der Waals surface area contributed by atoms with E-state index in [9.17, 15) is 25.9 Å². The molecular weight excluding hydrogens is 406 g/mol. The Balaban J connectivity index is 2.03. The molecule has 1 aromatic carbocycles. The van der Waals surface area contributed by atoms with Gasteiger partial charge in [0.2, 0.25) is 23.9 Å². The third-order valence-corrected chi connectivity index (χ3v) is 6.29. The Morgan fingerprint density at radius 3 is 2.42 bits per heavy atom. The van der Waals surface area contributed by atoms with Crippen molar-refractivity contribution in [3.05, 3.63) is 27.8 Å². The summed E-state index contributed by atoms with van der Waals surface area (Å²) in [4.78, 5) is 11.2. The molecule has 0 amide bonds. The molecule has 0 radical (unpaired) electrons. The number of nitro groups is 1. The van der Waals surface area contributed by atoms with E-state index in [2.05, 4.69) is 0 Å².